The summed E-state index contributed by atoms with van der Waals surface area (Å²) in [6.45, 7) is 1.28. The Kier molecular flexibility index (Phi) is 3.58. The molecule has 3 aromatic rings. The quantitative estimate of drug-likeness (QED) is 0.539. The van der Waals surface area contributed by atoms with Gasteiger partial charge in [-0.1, -0.05) is 36.4 Å². The lowest BCUT2D eigenvalue weighted by Gasteiger charge is -2.06. The first-order valence-electron chi connectivity index (χ1n) is 6.36. The summed E-state index contributed by atoms with van der Waals surface area (Å²) in [7, 11) is 0. The lowest BCUT2D eigenvalue weighted by molar-refractivity contribution is 0.0235. The fraction of sp³-hybridized carbons (Fsp3) is 0.125. The number of fused-ring (bicyclic) bond motifs is 1. The third kappa shape index (κ3) is 3.02. The summed E-state index contributed by atoms with van der Waals surface area (Å²) in [6, 6.07) is 18.5. The number of hydrogen-bond acceptors (Lipinski definition) is 2. The van der Waals surface area contributed by atoms with Crippen LogP contribution in [0.25, 0.3) is 10.9 Å². The maximum atomic E-state index is 5.46. The van der Waals surface area contributed by atoms with Crippen LogP contribution in [0.4, 0.5) is 0 Å². The lowest BCUT2D eigenvalue weighted by atomic mass is 10.1. The zero-order chi connectivity index (χ0) is 12.9. The molecule has 0 radical (unpaired) electrons. The van der Waals surface area contributed by atoms with E-state index in [9.17, 15) is 0 Å². The summed E-state index contributed by atoms with van der Waals surface area (Å²) in [5, 5.41) is 1.22. The van der Waals surface area contributed by atoms with Crippen molar-refractivity contribution in [3.8, 4) is 0 Å². The Morgan fingerprint density at radius 1 is 0.947 bits per heavy atom. The van der Waals surface area contributed by atoms with E-state index < -0.39 is 0 Å². The minimum Gasteiger partial charge on any atom is -0.361 e. The molecule has 0 bridgehead atoms. The molecule has 0 fully saturated rings. The van der Waals surface area contributed by atoms with Crippen molar-refractivity contribution >= 4 is 10.9 Å². The zero-order valence-corrected chi connectivity index (χ0v) is 10.6. The predicted molar refractivity (Wildman–Crippen MR) is 76.4 cm³/mol. The molecule has 3 nitrogen and oxygen atoms in total. The predicted octanol–water partition coefficient (Wildman–Crippen LogP) is 3.39. The summed E-state index contributed by atoms with van der Waals surface area (Å²) in [5.41, 5.74) is 6.53. The second-order valence-electron chi connectivity index (χ2n) is 4.49. The van der Waals surface area contributed by atoms with Crippen molar-refractivity contribution in [1.29, 1.82) is 0 Å². The molecule has 0 amide bonds. The average molecular weight is 252 g/mol. The van der Waals surface area contributed by atoms with Crippen molar-refractivity contribution in [3.63, 3.8) is 0 Å². The van der Waals surface area contributed by atoms with E-state index in [1.807, 2.05) is 36.5 Å². The smallest absolute Gasteiger partial charge is 0.0933 e. The van der Waals surface area contributed by atoms with Crippen molar-refractivity contribution in [1.82, 2.24) is 10.5 Å². The molecule has 0 spiro atoms. The third-order valence-electron chi connectivity index (χ3n) is 3.08. The molecule has 2 N–H and O–H groups in total. The number of aromatic amines is 1. The first-order chi connectivity index (χ1) is 9.42. The van der Waals surface area contributed by atoms with Crippen LogP contribution in [-0.4, -0.2) is 4.98 Å². The number of hydroxylamine groups is 1. The molecule has 0 saturated heterocycles. The van der Waals surface area contributed by atoms with Gasteiger partial charge in [0, 0.05) is 18.3 Å². The molecule has 0 unspecified atom stereocenters. The van der Waals surface area contributed by atoms with E-state index in [0.29, 0.717) is 13.2 Å². The van der Waals surface area contributed by atoms with Gasteiger partial charge in [0.25, 0.3) is 0 Å². The molecule has 0 aliphatic heterocycles. The van der Waals surface area contributed by atoms with E-state index in [-0.39, 0.29) is 0 Å². The minimum absolute atomic E-state index is 0.577. The van der Waals surface area contributed by atoms with Crippen LogP contribution in [0.1, 0.15) is 11.1 Å². The van der Waals surface area contributed by atoms with Gasteiger partial charge in [0.2, 0.25) is 0 Å². The topological polar surface area (TPSA) is 37.0 Å². The highest BCUT2D eigenvalue weighted by molar-refractivity contribution is 5.79. The van der Waals surface area contributed by atoms with Gasteiger partial charge in [0.15, 0.2) is 0 Å². The maximum Gasteiger partial charge on any atom is 0.0933 e. The van der Waals surface area contributed by atoms with Crippen LogP contribution in [0, 0.1) is 0 Å². The van der Waals surface area contributed by atoms with Gasteiger partial charge >= 0.3 is 0 Å². The Labute approximate surface area is 112 Å². The standard InChI is InChI=1S/C16H16N2O/c1-2-4-13(5-3-1)12-19-18-11-14-6-7-16-15(10-14)8-9-17-16/h1-10,17-18H,11-12H2. The van der Waals surface area contributed by atoms with E-state index in [0.717, 1.165) is 11.1 Å². The van der Waals surface area contributed by atoms with E-state index in [4.69, 9.17) is 4.84 Å². The Morgan fingerprint density at radius 2 is 1.84 bits per heavy atom. The Morgan fingerprint density at radius 3 is 2.74 bits per heavy atom. The number of nitrogens with one attached hydrogen (secondary N) is 2. The van der Waals surface area contributed by atoms with Gasteiger partial charge in [0.05, 0.1) is 6.61 Å². The summed E-state index contributed by atoms with van der Waals surface area (Å²) >= 11 is 0. The average Bonchev–Trinajstić information content (AvgIpc) is 2.92. The van der Waals surface area contributed by atoms with Crippen LogP contribution in [-0.2, 0) is 18.0 Å². The van der Waals surface area contributed by atoms with Gasteiger partial charge in [0.1, 0.15) is 0 Å². The van der Waals surface area contributed by atoms with E-state index >= 15 is 0 Å². The first-order valence-corrected chi connectivity index (χ1v) is 6.36. The van der Waals surface area contributed by atoms with E-state index in [2.05, 4.69) is 34.7 Å². The van der Waals surface area contributed by atoms with Gasteiger partial charge in [-0.05, 0) is 34.7 Å². The fourth-order valence-electron chi connectivity index (χ4n) is 2.06. The molecule has 0 atom stereocenters. The fourth-order valence-corrected chi connectivity index (χ4v) is 2.06. The maximum absolute atomic E-state index is 5.46. The van der Waals surface area contributed by atoms with Gasteiger partial charge in [-0.2, -0.15) is 5.48 Å². The third-order valence-corrected chi connectivity index (χ3v) is 3.08. The first kappa shape index (κ1) is 12.0. The van der Waals surface area contributed by atoms with Gasteiger partial charge in [-0.3, -0.25) is 4.84 Å². The van der Waals surface area contributed by atoms with Gasteiger partial charge in [-0.25, -0.2) is 0 Å². The summed E-state index contributed by atoms with van der Waals surface area (Å²) < 4.78 is 0. The van der Waals surface area contributed by atoms with Crippen LogP contribution in [0.5, 0.6) is 0 Å². The molecule has 1 aromatic heterocycles. The number of aromatic nitrogens is 1. The highest BCUT2D eigenvalue weighted by atomic mass is 16.6. The summed E-state index contributed by atoms with van der Waals surface area (Å²) in [4.78, 5) is 8.64. The van der Waals surface area contributed by atoms with Crippen molar-refractivity contribution < 1.29 is 4.84 Å². The SMILES string of the molecule is c1ccc(CONCc2ccc3[nH]ccc3c2)cc1. The minimum atomic E-state index is 0.577. The molecular formula is C16H16N2O. The molecule has 0 aliphatic rings. The van der Waals surface area contributed by atoms with Crippen LogP contribution < -0.4 is 5.48 Å². The van der Waals surface area contributed by atoms with Gasteiger partial charge < -0.3 is 4.98 Å². The Balaban J connectivity index is 1.52. The molecule has 3 heteroatoms. The number of rotatable bonds is 5. The zero-order valence-electron chi connectivity index (χ0n) is 10.6. The molecule has 2 aromatic carbocycles. The largest absolute Gasteiger partial charge is 0.361 e. The lowest BCUT2D eigenvalue weighted by Crippen LogP contribution is -2.13. The van der Waals surface area contributed by atoms with Crippen LogP contribution >= 0.6 is 0 Å². The number of hydrogen-bond donors (Lipinski definition) is 2. The van der Waals surface area contributed by atoms with Crippen LogP contribution in [0.3, 0.4) is 0 Å². The van der Waals surface area contributed by atoms with Crippen molar-refractivity contribution in [2.75, 3.05) is 0 Å². The molecule has 1 heterocycles. The van der Waals surface area contributed by atoms with Crippen molar-refractivity contribution in [2.45, 2.75) is 13.2 Å². The molecular weight excluding hydrogens is 236 g/mol. The number of H-pyrrole nitrogens is 1. The molecule has 96 valence electrons. The van der Waals surface area contributed by atoms with Crippen LogP contribution in [0.2, 0.25) is 0 Å². The molecule has 3 rings (SSSR count). The van der Waals surface area contributed by atoms with Crippen molar-refractivity contribution in [2.24, 2.45) is 0 Å². The normalized spacial score (nSPS) is 10.9. The second-order valence-corrected chi connectivity index (χ2v) is 4.49. The van der Waals surface area contributed by atoms with Crippen LogP contribution in [0.15, 0.2) is 60.8 Å². The second kappa shape index (κ2) is 5.69. The monoisotopic (exact) mass is 252 g/mol. The molecule has 0 aliphatic carbocycles. The van der Waals surface area contributed by atoms with Crippen molar-refractivity contribution in [3.05, 3.63) is 71.9 Å². The summed E-state index contributed by atoms with van der Waals surface area (Å²) in [5.74, 6) is 0. The highest BCUT2D eigenvalue weighted by Gasteiger charge is 1.97. The van der Waals surface area contributed by atoms with Gasteiger partial charge in [-0.15, -0.1) is 0 Å². The molecule has 0 saturated carbocycles. The van der Waals surface area contributed by atoms with E-state index in [1.165, 1.54) is 10.9 Å². The highest BCUT2D eigenvalue weighted by Crippen LogP contribution is 2.14. The number of benzene rings is 2. The Hall–Kier alpha value is -2.10. The Bertz CT molecular complexity index is 646. The molecule has 19 heavy (non-hydrogen) atoms. The van der Waals surface area contributed by atoms with E-state index in [1.54, 1.807) is 0 Å². The summed E-state index contributed by atoms with van der Waals surface area (Å²) in [6.07, 6.45) is 1.95.